The molecule has 0 aliphatic carbocycles. The Morgan fingerprint density at radius 2 is 0.696 bits per heavy atom. The molecule has 6 aromatic rings. The lowest BCUT2D eigenvalue weighted by atomic mass is 9.98. The molecular weight excluding hydrogens is 1020 g/mol. The molecule has 0 spiro atoms. The van der Waals surface area contributed by atoms with Gasteiger partial charge in [-0.1, -0.05) is 24.3 Å². The predicted molar refractivity (Wildman–Crippen MR) is 285 cm³/mol. The molecule has 4 N–H and O–H groups in total. The summed E-state index contributed by atoms with van der Waals surface area (Å²) in [4.78, 5) is 87.0. The van der Waals surface area contributed by atoms with Crippen LogP contribution in [0.2, 0.25) is 0 Å². The SMILES string of the molecule is COc1cc(CNC(=O)c2cc3c(cc2C(=O)NCCc2ccc(F)cc2)CN(C(=O)CC(=O)N2Cc4cc(C(=O)NCCc5ccc(F)cc5)c(C(=O)NCc5cc(OC)c(OC)c(OC)c5)cc4C2)C3)cc(OC)c1OC. The minimum Gasteiger partial charge on any atom is -0.493 e. The number of amides is 6. The molecule has 0 saturated carbocycles. The van der Waals surface area contributed by atoms with Gasteiger partial charge >= 0.3 is 0 Å². The molecule has 2 aliphatic heterocycles. The van der Waals surface area contributed by atoms with Crippen LogP contribution in [0.3, 0.4) is 0 Å². The van der Waals surface area contributed by atoms with Gasteiger partial charge in [-0.2, -0.15) is 0 Å². The molecule has 0 aromatic heterocycles. The molecule has 2 aliphatic rings. The van der Waals surface area contributed by atoms with Crippen molar-refractivity contribution in [2.75, 3.05) is 55.7 Å². The van der Waals surface area contributed by atoms with Crippen molar-refractivity contribution in [1.29, 1.82) is 0 Å². The van der Waals surface area contributed by atoms with Crippen molar-refractivity contribution in [3.8, 4) is 34.5 Å². The number of halogens is 2. The zero-order valence-corrected chi connectivity index (χ0v) is 44.6. The lowest BCUT2D eigenvalue weighted by molar-refractivity contribution is -0.141. The first-order valence-corrected chi connectivity index (χ1v) is 25.2. The van der Waals surface area contributed by atoms with E-state index in [2.05, 4.69) is 21.3 Å². The van der Waals surface area contributed by atoms with E-state index in [1.54, 1.807) is 72.8 Å². The number of carbonyl (C=O) groups excluding carboxylic acids is 6. The van der Waals surface area contributed by atoms with E-state index in [9.17, 15) is 37.5 Å². The second-order valence-corrected chi connectivity index (χ2v) is 18.7. The highest BCUT2D eigenvalue weighted by Crippen LogP contribution is 2.40. The Hall–Kier alpha value is -9.20. The number of ether oxygens (including phenoxy) is 6. The third-order valence-electron chi connectivity index (χ3n) is 13.7. The summed E-state index contributed by atoms with van der Waals surface area (Å²) >= 11 is 0. The van der Waals surface area contributed by atoms with Crippen LogP contribution in [0.15, 0.2) is 97.1 Å². The highest BCUT2D eigenvalue weighted by molar-refractivity contribution is 6.09. The molecule has 0 atom stereocenters. The van der Waals surface area contributed by atoms with E-state index in [0.717, 1.165) is 11.1 Å². The van der Waals surface area contributed by atoms with Crippen LogP contribution in [0.4, 0.5) is 8.78 Å². The molecule has 79 heavy (non-hydrogen) atoms. The number of hydrogen-bond donors (Lipinski definition) is 4. The summed E-state index contributed by atoms with van der Waals surface area (Å²) in [7, 11) is 8.86. The minimum atomic E-state index is -0.571. The molecule has 0 bridgehead atoms. The lowest BCUT2D eigenvalue weighted by Crippen LogP contribution is -2.33. The van der Waals surface area contributed by atoms with Gasteiger partial charge in [0.15, 0.2) is 23.0 Å². The Balaban J connectivity index is 0.972. The van der Waals surface area contributed by atoms with Crippen molar-refractivity contribution in [2.24, 2.45) is 0 Å². The molecule has 6 aromatic carbocycles. The van der Waals surface area contributed by atoms with Crippen LogP contribution in [0.25, 0.3) is 0 Å². The molecule has 0 saturated heterocycles. The first kappa shape index (κ1) is 56.0. The van der Waals surface area contributed by atoms with Gasteiger partial charge in [-0.05, 0) is 130 Å². The highest BCUT2D eigenvalue weighted by Gasteiger charge is 2.33. The molecular formula is C59H60F2N6O12. The van der Waals surface area contributed by atoms with E-state index in [1.165, 1.54) is 76.7 Å². The van der Waals surface area contributed by atoms with Crippen LogP contribution in [-0.4, -0.2) is 101 Å². The second kappa shape index (κ2) is 25.3. The van der Waals surface area contributed by atoms with E-state index >= 15 is 0 Å². The number of rotatable bonds is 22. The van der Waals surface area contributed by atoms with Crippen LogP contribution in [-0.2, 0) is 61.7 Å². The number of hydrogen-bond acceptors (Lipinski definition) is 12. The molecule has 20 heteroatoms. The summed E-state index contributed by atoms with van der Waals surface area (Å²) in [5, 5.41) is 11.5. The number of nitrogens with zero attached hydrogens (tertiary/aromatic N) is 2. The summed E-state index contributed by atoms with van der Waals surface area (Å²) < 4.78 is 59.9. The Kier molecular flexibility index (Phi) is 17.9. The van der Waals surface area contributed by atoms with Gasteiger partial charge in [-0.25, -0.2) is 8.78 Å². The summed E-state index contributed by atoms with van der Waals surface area (Å²) in [6.07, 6.45) is 0.270. The molecule has 6 amide bonds. The maximum absolute atomic E-state index is 14.1. The first-order chi connectivity index (χ1) is 38.1. The van der Waals surface area contributed by atoms with Crippen LogP contribution >= 0.6 is 0 Å². The van der Waals surface area contributed by atoms with Gasteiger partial charge in [0, 0.05) is 52.4 Å². The average Bonchev–Trinajstić information content (AvgIpc) is 4.18. The largest absolute Gasteiger partial charge is 0.493 e. The monoisotopic (exact) mass is 1080 g/mol. The van der Waals surface area contributed by atoms with Crippen LogP contribution < -0.4 is 49.7 Å². The Morgan fingerprint density at radius 1 is 0.405 bits per heavy atom. The Labute approximate surface area is 455 Å². The van der Waals surface area contributed by atoms with Crippen molar-refractivity contribution < 1.29 is 66.0 Å². The van der Waals surface area contributed by atoms with Gasteiger partial charge in [-0.3, -0.25) is 28.8 Å². The van der Waals surface area contributed by atoms with E-state index in [4.69, 9.17) is 28.4 Å². The Morgan fingerprint density at radius 3 is 0.975 bits per heavy atom. The summed E-state index contributed by atoms with van der Waals surface area (Å²) in [6, 6.07) is 24.9. The number of nitrogens with one attached hydrogen (secondary N) is 4. The number of carbonyl (C=O) groups is 6. The fourth-order valence-electron chi connectivity index (χ4n) is 9.52. The summed E-state index contributed by atoms with van der Waals surface area (Å²) in [5.74, 6) is -1.71. The molecule has 8 rings (SSSR count). The molecule has 412 valence electrons. The van der Waals surface area contributed by atoms with E-state index in [0.29, 0.717) is 80.7 Å². The van der Waals surface area contributed by atoms with E-state index in [-0.39, 0.29) is 86.2 Å². The van der Waals surface area contributed by atoms with Crippen molar-refractivity contribution in [2.45, 2.75) is 58.5 Å². The van der Waals surface area contributed by atoms with Gasteiger partial charge in [0.25, 0.3) is 23.6 Å². The van der Waals surface area contributed by atoms with Crippen molar-refractivity contribution >= 4 is 35.4 Å². The second-order valence-electron chi connectivity index (χ2n) is 18.7. The molecule has 2 heterocycles. The molecule has 0 radical (unpaired) electrons. The number of fused-ring (bicyclic) bond motifs is 2. The lowest BCUT2D eigenvalue weighted by Gasteiger charge is -2.19. The maximum atomic E-state index is 14.1. The summed E-state index contributed by atoms with van der Waals surface area (Å²) in [5.41, 5.74) is 5.50. The van der Waals surface area contributed by atoms with Gasteiger partial charge < -0.3 is 59.5 Å². The smallest absolute Gasteiger partial charge is 0.252 e. The Bertz CT molecular complexity index is 3030. The predicted octanol–water partition coefficient (Wildman–Crippen LogP) is 6.60. The molecule has 18 nitrogen and oxygen atoms in total. The van der Waals surface area contributed by atoms with Crippen molar-refractivity contribution in [3.63, 3.8) is 0 Å². The van der Waals surface area contributed by atoms with Gasteiger partial charge in [0.05, 0.1) is 64.9 Å². The fourth-order valence-corrected chi connectivity index (χ4v) is 9.52. The van der Waals surface area contributed by atoms with E-state index < -0.39 is 41.9 Å². The molecule has 0 fully saturated rings. The normalized spacial score (nSPS) is 12.2. The number of benzene rings is 6. The van der Waals surface area contributed by atoms with Gasteiger partial charge in [0.2, 0.25) is 23.3 Å². The third-order valence-corrected chi connectivity index (χ3v) is 13.7. The van der Waals surface area contributed by atoms with Crippen LogP contribution in [0.1, 0.15) is 92.4 Å². The topological polar surface area (TPSA) is 212 Å². The standard InChI is InChI=1S/C59H60F2N6O12/c1-74-48-19-36(20-49(75-2)54(48)78-5)28-64-58(72)46-25-40-32-66(30-38(40)23-44(46)56(70)62-17-15-34-7-11-42(60)12-8-34)52(68)27-53(69)67-31-39-24-45(57(71)63-18-16-35-9-13-43(61)14-10-35)47(26-41(39)33-67)59(73)65-29-37-21-50(76-3)55(79-6)51(22-37)77-4/h7-14,19-26H,15-18,27-33H2,1-6H3,(H,62,70)(H,63,71)(H,64,72)(H,65,73). The van der Waals surface area contributed by atoms with Crippen molar-refractivity contribution in [1.82, 2.24) is 31.1 Å². The fraction of sp³-hybridized carbons (Fsp3) is 0.288. The van der Waals surface area contributed by atoms with Crippen LogP contribution in [0.5, 0.6) is 34.5 Å². The minimum absolute atomic E-state index is 0.0177. The first-order valence-electron chi connectivity index (χ1n) is 25.2. The van der Waals surface area contributed by atoms with Crippen LogP contribution in [0, 0.1) is 11.6 Å². The quantitative estimate of drug-likeness (QED) is 0.0530. The van der Waals surface area contributed by atoms with Gasteiger partial charge in [-0.15, -0.1) is 0 Å². The van der Waals surface area contributed by atoms with Crippen molar-refractivity contribution in [3.05, 3.63) is 175 Å². The van der Waals surface area contributed by atoms with E-state index in [1.807, 2.05) is 0 Å². The van der Waals surface area contributed by atoms with Gasteiger partial charge in [0.1, 0.15) is 18.1 Å². The highest BCUT2D eigenvalue weighted by atomic mass is 19.1. The zero-order chi connectivity index (χ0) is 56.3. The summed E-state index contributed by atoms with van der Waals surface area (Å²) in [6.45, 7) is 0.607. The maximum Gasteiger partial charge on any atom is 0.252 e. The number of methoxy groups -OCH3 is 6. The molecule has 0 unspecified atom stereocenters. The average molecular weight is 1080 g/mol. The third kappa shape index (κ3) is 13.1. The zero-order valence-electron chi connectivity index (χ0n) is 44.6.